The zero-order chi connectivity index (χ0) is 12.8. The molecular weight excluding hydrogens is 228 g/mol. The van der Waals surface area contributed by atoms with Gasteiger partial charge in [0.05, 0.1) is 6.26 Å². The van der Waals surface area contributed by atoms with E-state index in [1.165, 1.54) is 0 Å². The standard InChI is InChI=1S/C14H16N2O2/c15-14(17)13-6-2-1-4-11(13)10-16-8-7-12-5-3-9-18-12/h1-6,9,16H,7-8,10H2,(H2,15,17). The van der Waals surface area contributed by atoms with E-state index in [9.17, 15) is 4.79 Å². The molecule has 0 unspecified atom stereocenters. The van der Waals surface area contributed by atoms with Gasteiger partial charge in [-0.25, -0.2) is 0 Å². The quantitative estimate of drug-likeness (QED) is 0.760. The molecule has 3 N–H and O–H groups in total. The molecule has 0 aliphatic rings. The van der Waals surface area contributed by atoms with Crippen molar-refractivity contribution in [3.63, 3.8) is 0 Å². The molecule has 4 nitrogen and oxygen atoms in total. The summed E-state index contributed by atoms with van der Waals surface area (Å²) in [5.41, 5.74) is 6.81. The van der Waals surface area contributed by atoms with Crippen LogP contribution in [0.15, 0.2) is 47.1 Å². The molecule has 0 aliphatic carbocycles. The van der Waals surface area contributed by atoms with Gasteiger partial charge in [0.2, 0.25) is 5.91 Å². The van der Waals surface area contributed by atoms with E-state index in [0.717, 1.165) is 24.3 Å². The van der Waals surface area contributed by atoms with Crippen LogP contribution in [-0.2, 0) is 13.0 Å². The summed E-state index contributed by atoms with van der Waals surface area (Å²) < 4.78 is 5.23. The van der Waals surface area contributed by atoms with E-state index in [-0.39, 0.29) is 0 Å². The summed E-state index contributed by atoms with van der Waals surface area (Å²) in [5.74, 6) is 0.559. The first-order chi connectivity index (χ1) is 8.77. The molecule has 0 aliphatic heterocycles. The monoisotopic (exact) mass is 244 g/mol. The maximum absolute atomic E-state index is 11.2. The lowest BCUT2D eigenvalue weighted by Gasteiger charge is -2.07. The Balaban J connectivity index is 1.85. The fourth-order valence-corrected chi connectivity index (χ4v) is 1.80. The number of hydrogen-bond donors (Lipinski definition) is 2. The van der Waals surface area contributed by atoms with Crippen LogP contribution in [0.2, 0.25) is 0 Å². The summed E-state index contributed by atoms with van der Waals surface area (Å²) in [6, 6.07) is 11.2. The van der Waals surface area contributed by atoms with Crippen LogP contribution in [0.1, 0.15) is 21.7 Å². The van der Waals surface area contributed by atoms with Crippen molar-refractivity contribution < 1.29 is 9.21 Å². The van der Waals surface area contributed by atoms with Crippen molar-refractivity contribution in [2.75, 3.05) is 6.54 Å². The maximum Gasteiger partial charge on any atom is 0.249 e. The highest BCUT2D eigenvalue weighted by atomic mass is 16.3. The number of nitrogens with two attached hydrogens (primary N) is 1. The summed E-state index contributed by atoms with van der Waals surface area (Å²) in [6.45, 7) is 1.42. The second-order valence-corrected chi connectivity index (χ2v) is 4.03. The summed E-state index contributed by atoms with van der Waals surface area (Å²) in [5, 5.41) is 3.27. The van der Waals surface area contributed by atoms with E-state index in [0.29, 0.717) is 12.1 Å². The Hall–Kier alpha value is -2.07. The molecule has 0 saturated heterocycles. The molecule has 2 rings (SSSR count). The largest absolute Gasteiger partial charge is 0.469 e. The number of rotatable bonds is 6. The Labute approximate surface area is 106 Å². The predicted octanol–water partition coefficient (Wildman–Crippen LogP) is 1.71. The molecule has 94 valence electrons. The molecule has 0 atom stereocenters. The minimum Gasteiger partial charge on any atom is -0.469 e. The van der Waals surface area contributed by atoms with E-state index < -0.39 is 5.91 Å². The van der Waals surface area contributed by atoms with Gasteiger partial charge in [-0.3, -0.25) is 4.79 Å². The SMILES string of the molecule is NC(=O)c1ccccc1CNCCc1ccco1. The second-order valence-electron chi connectivity index (χ2n) is 4.03. The third-order valence-electron chi connectivity index (χ3n) is 2.73. The Morgan fingerprint density at radius 1 is 1.22 bits per heavy atom. The van der Waals surface area contributed by atoms with Crippen LogP contribution >= 0.6 is 0 Å². The van der Waals surface area contributed by atoms with Gasteiger partial charge in [-0.15, -0.1) is 0 Å². The lowest BCUT2D eigenvalue weighted by Crippen LogP contribution is -2.20. The van der Waals surface area contributed by atoms with Crippen molar-refractivity contribution >= 4 is 5.91 Å². The number of hydrogen-bond acceptors (Lipinski definition) is 3. The maximum atomic E-state index is 11.2. The van der Waals surface area contributed by atoms with Crippen molar-refractivity contribution in [3.05, 3.63) is 59.5 Å². The topological polar surface area (TPSA) is 68.3 Å². The highest BCUT2D eigenvalue weighted by Gasteiger charge is 2.06. The van der Waals surface area contributed by atoms with Gasteiger partial charge in [0, 0.05) is 25.1 Å². The Bertz CT molecular complexity index is 506. The average molecular weight is 244 g/mol. The zero-order valence-electron chi connectivity index (χ0n) is 10.1. The lowest BCUT2D eigenvalue weighted by molar-refractivity contribution is 0.0999. The molecule has 0 spiro atoms. The van der Waals surface area contributed by atoms with E-state index in [2.05, 4.69) is 5.32 Å². The third-order valence-corrected chi connectivity index (χ3v) is 2.73. The number of benzene rings is 1. The van der Waals surface area contributed by atoms with Crippen molar-refractivity contribution in [1.82, 2.24) is 5.32 Å². The molecular formula is C14H16N2O2. The van der Waals surface area contributed by atoms with Crippen molar-refractivity contribution in [3.8, 4) is 0 Å². The van der Waals surface area contributed by atoms with Crippen molar-refractivity contribution in [2.45, 2.75) is 13.0 Å². The Kier molecular flexibility index (Phi) is 4.15. The summed E-state index contributed by atoms with van der Waals surface area (Å²) in [4.78, 5) is 11.2. The number of furan rings is 1. The molecule has 1 heterocycles. The molecule has 0 fully saturated rings. The van der Waals surface area contributed by atoms with Gasteiger partial charge >= 0.3 is 0 Å². The molecule has 2 aromatic rings. The normalized spacial score (nSPS) is 10.4. The fourth-order valence-electron chi connectivity index (χ4n) is 1.80. The second kappa shape index (κ2) is 6.02. The Morgan fingerprint density at radius 2 is 2.06 bits per heavy atom. The minimum atomic E-state index is -0.390. The van der Waals surface area contributed by atoms with E-state index in [1.807, 2.05) is 30.3 Å². The summed E-state index contributed by atoms with van der Waals surface area (Å²) in [6.07, 6.45) is 2.49. The average Bonchev–Trinajstić information content (AvgIpc) is 2.88. The minimum absolute atomic E-state index is 0.390. The first kappa shape index (κ1) is 12.4. The highest BCUT2D eigenvalue weighted by Crippen LogP contribution is 2.07. The number of nitrogens with one attached hydrogen (secondary N) is 1. The van der Waals surface area contributed by atoms with Gasteiger partial charge in [-0.1, -0.05) is 18.2 Å². The molecule has 4 heteroatoms. The van der Waals surface area contributed by atoms with Crippen molar-refractivity contribution in [1.29, 1.82) is 0 Å². The highest BCUT2D eigenvalue weighted by molar-refractivity contribution is 5.94. The van der Waals surface area contributed by atoms with Gasteiger partial charge in [-0.05, 0) is 23.8 Å². The first-order valence-corrected chi connectivity index (χ1v) is 5.88. The number of primary amides is 1. The first-order valence-electron chi connectivity index (χ1n) is 5.88. The zero-order valence-corrected chi connectivity index (χ0v) is 10.1. The molecule has 1 amide bonds. The number of carbonyl (C=O) groups excluding carboxylic acids is 1. The lowest BCUT2D eigenvalue weighted by atomic mass is 10.1. The number of carbonyl (C=O) groups is 1. The molecule has 1 aromatic carbocycles. The molecule has 1 aromatic heterocycles. The van der Waals surface area contributed by atoms with Gasteiger partial charge < -0.3 is 15.5 Å². The molecule has 18 heavy (non-hydrogen) atoms. The van der Waals surface area contributed by atoms with E-state index in [4.69, 9.17) is 10.2 Å². The van der Waals surface area contributed by atoms with E-state index in [1.54, 1.807) is 12.3 Å². The smallest absolute Gasteiger partial charge is 0.249 e. The van der Waals surface area contributed by atoms with Crippen LogP contribution < -0.4 is 11.1 Å². The van der Waals surface area contributed by atoms with Crippen LogP contribution in [-0.4, -0.2) is 12.5 Å². The molecule has 0 bridgehead atoms. The molecule has 0 radical (unpaired) electrons. The Morgan fingerprint density at radius 3 is 2.78 bits per heavy atom. The van der Waals surface area contributed by atoms with E-state index >= 15 is 0 Å². The van der Waals surface area contributed by atoms with Crippen LogP contribution in [0, 0.1) is 0 Å². The fraction of sp³-hybridized carbons (Fsp3) is 0.214. The summed E-state index contributed by atoms with van der Waals surface area (Å²) in [7, 11) is 0. The van der Waals surface area contributed by atoms with Crippen LogP contribution in [0.4, 0.5) is 0 Å². The number of amides is 1. The van der Waals surface area contributed by atoms with Crippen molar-refractivity contribution in [2.24, 2.45) is 5.73 Å². The predicted molar refractivity (Wildman–Crippen MR) is 69.1 cm³/mol. The van der Waals surface area contributed by atoms with Gasteiger partial charge in [0.1, 0.15) is 5.76 Å². The van der Waals surface area contributed by atoms with Crippen LogP contribution in [0.3, 0.4) is 0 Å². The van der Waals surface area contributed by atoms with Gasteiger partial charge in [0.25, 0.3) is 0 Å². The summed E-state index contributed by atoms with van der Waals surface area (Å²) >= 11 is 0. The third kappa shape index (κ3) is 3.21. The molecule has 0 saturated carbocycles. The van der Waals surface area contributed by atoms with Gasteiger partial charge in [0.15, 0.2) is 0 Å². The van der Waals surface area contributed by atoms with Crippen LogP contribution in [0.5, 0.6) is 0 Å². The van der Waals surface area contributed by atoms with Crippen LogP contribution in [0.25, 0.3) is 0 Å². The van der Waals surface area contributed by atoms with Gasteiger partial charge in [-0.2, -0.15) is 0 Å².